The fourth-order valence-corrected chi connectivity index (χ4v) is 4.65. The Morgan fingerprint density at radius 1 is 0.964 bits per heavy atom. The molecule has 0 radical (unpaired) electrons. The fraction of sp³-hybridized carbons (Fsp3) is 0. The van der Waals surface area contributed by atoms with Crippen LogP contribution < -0.4 is 5.63 Å². The highest BCUT2D eigenvalue weighted by Gasteiger charge is 2.17. The molecular formula is C22H13IN2O2S. The average Bonchev–Trinajstić information content (AvgIpc) is 3.07. The van der Waals surface area contributed by atoms with Gasteiger partial charge in [-0.3, -0.25) is 4.40 Å². The molecular weight excluding hydrogens is 483 g/mol. The van der Waals surface area contributed by atoms with Crippen LogP contribution in [-0.2, 0) is 0 Å². The summed E-state index contributed by atoms with van der Waals surface area (Å²) in [7, 11) is 0. The molecule has 0 bridgehead atoms. The van der Waals surface area contributed by atoms with E-state index in [2.05, 4.69) is 51.3 Å². The fourth-order valence-electron chi connectivity index (χ4n) is 3.14. The molecule has 0 saturated carbocycles. The van der Waals surface area contributed by atoms with Crippen LogP contribution in [-0.4, -0.2) is 9.38 Å². The monoisotopic (exact) mass is 496 g/mol. The molecule has 5 aromatic rings. The van der Waals surface area contributed by atoms with E-state index in [9.17, 15) is 4.79 Å². The van der Waals surface area contributed by atoms with Gasteiger partial charge in [0.2, 0.25) is 0 Å². The predicted octanol–water partition coefficient (Wildman–Crippen LogP) is 5.86. The number of imidazole rings is 1. The van der Waals surface area contributed by atoms with E-state index < -0.39 is 0 Å². The van der Waals surface area contributed by atoms with Crippen molar-refractivity contribution in [3.63, 3.8) is 0 Å². The van der Waals surface area contributed by atoms with Crippen LogP contribution in [0.5, 0.6) is 0 Å². The minimum atomic E-state index is -0.356. The van der Waals surface area contributed by atoms with E-state index in [0.29, 0.717) is 5.58 Å². The molecule has 3 aromatic heterocycles. The standard InChI is InChI=1S/C22H13IN2O2S/c23-15-10-8-14(9-11-15)21-22(25-12-4-3-7-19(25)24-21)28-18-13-20(26)27-17-6-2-1-5-16(17)18/h1-13H. The molecule has 0 atom stereocenters. The molecule has 136 valence electrons. The van der Waals surface area contributed by atoms with E-state index in [4.69, 9.17) is 9.40 Å². The van der Waals surface area contributed by atoms with Gasteiger partial charge in [-0.2, -0.15) is 0 Å². The van der Waals surface area contributed by atoms with Crippen molar-refractivity contribution < 1.29 is 4.42 Å². The van der Waals surface area contributed by atoms with Gasteiger partial charge >= 0.3 is 5.63 Å². The third-order valence-corrected chi connectivity index (χ3v) is 6.28. The first-order chi connectivity index (χ1) is 13.7. The molecule has 0 saturated heterocycles. The summed E-state index contributed by atoms with van der Waals surface area (Å²) >= 11 is 3.83. The van der Waals surface area contributed by atoms with Gasteiger partial charge in [0.15, 0.2) is 0 Å². The molecule has 5 rings (SSSR count). The lowest BCUT2D eigenvalue weighted by Gasteiger charge is -2.07. The smallest absolute Gasteiger partial charge is 0.337 e. The molecule has 0 aliphatic rings. The summed E-state index contributed by atoms with van der Waals surface area (Å²) in [5.74, 6) is 0. The summed E-state index contributed by atoms with van der Waals surface area (Å²) < 4.78 is 8.57. The zero-order chi connectivity index (χ0) is 19.1. The molecule has 0 N–H and O–H groups in total. The van der Waals surface area contributed by atoms with E-state index in [1.165, 1.54) is 15.3 Å². The molecule has 0 aliphatic carbocycles. The van der Waals surface area contributed by atoms with Gasteiger partial charge in [-0.15, -0.1) is 0 Å². The van der Waals surface area contributed by atoms with Crippen molar-refractivity contribution >= 4 is 51.0 Å². The van der Waals surface area contributed by atoms with Gasteiger partial charge in [0.25, 0.3) is 0 Å². The Kier molecular flexibility index (Phi) is 4.44. The van der Waals surface area contributed by atoms with Gasteiger partial charge in [0, 0.05) is 31.7 Å². The van der Waals surface area contributed by atoms with Crippen molar-refractivity contribution in [3.8, 4) is 11.3 Å². The van der Waals surface area contributed by atoms with Crippen LogP contribution in [0.15, 0.2) is 98.1 Å². The number of hydrogen-bond donors (Lipinski definition) is 0. The molecule has 3 heterocycles. The number of pyridine rings is 1. The second-order valence-electron chi connectivity index (χ2n) is 6.23. The number of rotatable bonds is 3. The molecule has 0 spiro atoms. The number of halogens is 1. The first kappa shape index (κ1) is 17.5. The van der Waals surface area contributed by atoms with E-state index in [1.807, 2.05) is 48.7 Å². The zero-order valence-electron chi connectivity index (χ0n) is 14.5. The molecule has 2 aromatic carbocycles. The van der Waals surface area contributed by atoms with Crippen LogP contribution in [0.3, 0.4) is 0 Å². The molecule has 28 heavy (non-hydrogen) atoms. The number of fused-ring (bicyclic) bond motifs is 2. The number of para-hydroxylation sites is 1. The van der Waals surface area contributed by atoms with Crippen molar-refractivity contribution in [3.05, 3.63) is 93.0 Å². The highest BCUT2D eigenvalue weighted by atomic mass is 127. The van der Waals surface area contributed by atoms with Crippen molar-refractivity contribution in [2.24, 2.45) is 0 Å². The van der Waals surface area contributed by atoms with Gasteiger partial charge < -0.3 is 4.42 Å². The Morgan fingerprint density at radius 3 is 2.61 bits per heavy atom. The first-order valence-electron chi connectivity index (χ1n) is 8.63. The highest BCUT2D eigenvalue weighted by molar-refractivity contribution is 14.1. The minimum absolute atomic E-state index is 0.356. The number of nitrogens with zero attached hydrogens (tertiary/aromatic N) is 2. The predicted molar refractivity (Wildman–Crippen MR) is 120 cm³/mol. The van der Waals surface area contributed by atoms with Gasteiger partial charge in [-0.1, -0.05) is 48.2 Å². The van der Waals surface area contributed by atoms with E-state index in [-0.39, 0.29) is 5.63 Å². The maximum Gasteiger partial charge on any atom is 0.337 e. The summed E-state index contributed by atoms with van der Waals surface area (Å²) in [4.78, 5) is 17.8. The van der Waals surface area contributed by atoms with E-state index in [1.54, 1.807) is 6.07 Å². The van der Waals surface area contributed by atoms with Crippen LogP contribution in [0.2, 0.25) is 0 Å². The third-order valence-electron chi connectivity index (χ3n) is 4.42. The quantitative estimate of drug-likeness (QED) is 0.232. The van der Waals surface area contributed by atoms with Gasteiger partial charge in [-0.25, -0.2) is 9.78 Å². The van der Waals surface area contributed by atoms with Gasteiger partial charge in [0.05, 0.1) is 0 Å². The summed E-state index contributed by atoms with van der Waals surface area (Å²) in [6, 6.07) is 23.4. The Morgan fingerprint density at radius 2 is 1.75 bits per heavy atom. The minimum Gasteiger partial charge on any atom is -0.423 e. The third kappa shape index (κ3) is 3.12. The van der Waals surface area contributed by atoms with Crippen LogP contribution in [0, 0.1) is 3.57 Å². The number of benzene rings is 2. The Bertz CT molecular complexity index is 1370. The van der Waals surface area contributed by atoms with Crippen molar-refractivity contribution in [2.75, 3.05) is 0 Å². The summed E-state index contributed by atoms with van der Waals surface area (Å²) in [6.07, 6.45) is 1.99. The average molecular weight is 496 g/mol. The second-order valence-corrected chi connectivity index (χ2v) is 8.51. The van der Waals surface area contributed by atoms with Crippen LogP contribution in [0.25, 0.3) is 27.9 Å². The van der Waals surface area contributed by atoms with Crippen LogP contribution in [0.4, 0.5) is 0 Å². The number of hydrogen-bond acceptors (Lipinski definition) is 4. The van der Waals surface area contributed by atoms with E-state index >= 15 is 0 Å². The maximum absolute atomic E-state index is 12.1. The van der Waals surface area contributed by atoms with Crippen LogP contribution in [0.1, 0.15) is 0 Å². The largest absolute Gasteiger partial charge is 0.423 e. The Balaban J connectivity index is 1.74. The highest BCUT2D eigenvalue weighted by Crippen LogP contribution is 2.38. The lowest BCUT2D eigenvalue weighted by molar-refractivity contribution is 0.557. The topological polar surface area (TPSA) is 47.5 Å². The molecule has 0 aliphatic heterocycles. The first-order valence-corrected chi connectivity index (χ1v) is 10.5. The SMILES string of the molecule is O=c1cc(Sc2c(-c3ccc(I)cc3)nc3ccccn23)c2ccccc2o1. The Labute approximate surface area is 178 Å². The lowest BCUT2D eigenvalue weighted by atomic mass is 10.2. The lowest BCUT2D eigenvalue weighted by Crippen LogP contribution is -1.97. The van der Waals surface area contributed by atoms with E-state index in [0.717, 1.165) is 32.2 Å². The van der Waals surface area contributed by atoms with Gasteiger partial charge in [0.1, 0.15) is 22.0 Å². The van der Waals surface area contributed by atoms with Crippen molar-refractivity contribution in [1.29, 1.82) is 0 Å². The summed E-state index contributed by atoms with van der Waals surface area (Å²) in [6.45, 7) is 0. The van der Waals surface area contributed by atoms with Crippen LogP contribution >= 0.6 is 34.4 Å². The molecule has 0 fully saturated rings. The molecule has 0 unspecified atom stereocenters. The summed E-state index contributed by atoms with van der Waals surface area (Å²) in [5, 5.41) is 1.87. The molecule has 6 heteroatoms. The molecule has 0 amide bonds. The second kappa shape index (κ2) is 7.10. The maximum atomic E-state index is 12.1. The Hall–Kier alpha value is -2.58. The van der Waals surface area contributed by atoms with Crippen molar-refractivity contribution in [2.45, 2.75) is 9.92 Å². The number of aromatic nitrogens is 2. The van der Waals surface area contributed by atoms with Crippen molar-refractivity contribution in [1.82, 2.24) is 9.38 Å². The summed E-state index contributed by atoms with van der Waals surface area (Å²) in [5.41, 5.74) is 3.03. The molecule has 4 nitrogen and oxygen atoms in total. The normalized spacial score (nSPS) is 11.3. The van der Waals surface area contributed by atoms with Gasteiger partial charge in [-0.05, 0) is 52.9 Å². The zero-order valence-corrected chi connectivity index (χ0v) is 17.5.